The summed E-state index contributed by atoms with van der Waals surface area (Å²) in [4.78, 5) is 10.5. The van der Waals surface area contributed by atoms with Crippen LogP contribution >= 0.6 is 0 Å². The third-order valence-corrected chi connectivity index (χ3v) is 1.79. The summed E-state index contributed by atoms with van der Waals surface area (Å²) in [6.45, 7) is 7.17. The minimum absolute atomic E-state index is 0.539. The van der Waals surface area contributed by atoms with Crippen LogP contribution in [0.4, 0.5) is 0 Å². The standard InChI is InChI=1S/C12H19O3/c1-9(2)6-5-7-10(3)8-12(14)15-11(4)13/h6,8,12H,5,7H2,1-4H3/q-1/b10-8-. The van der Waals surface area contributed by atoms with Gasteiger partial charge < -0.3 is 9.84 Å². The highest BCUT2D eigenvalue weighted by molar-refractivity contribution is 5.66. The molecule has 0 heterocycles. The molecule has 0 radical (unpaired) electrons. The van der Waals surface area contributed by atoms with Gasteiger partial charge in [-0.15, -0.1) is 0 Å². The summed E-state index contributed by atoms with van der Waals surface area (Å²) in [5, 5.41) is 11.1. The summed E-state index contributed by atoms with van der Waals surface area (Å²) >= 11 is 0. The number of ether oxygens (including phenoxy) is 1. The van der Waals surface area contributed by atoms with Crippen molar-refractivity contribution in [3.63, 3.8) is 0 Å². The lowest BCUT2D eigenvalue weighted by molar-refractivity contribution is -0.461. The number of esters is 1. The number of hydrogen-bond acceptors (Lipinski definition) is 3. The van der Waals surface area contributed by atoms with E-state index in [1.54, 1.807) is 0 Å². The second-order valence-electron chi connectivity index (χ2n) is 3.81. The van der Waals surface area contributed by atoms with Crippen molar-refractivity contribution in [2.75, 3.05) is 0 Å². The van der Waals surface area contributed by atoms with E-state index >= 15 is 0 Å². The predicted octanol–water partition coefficient (Wildman–Crippen LogP) is 1.93. The Morgan fingerprint density at radius 3 is 2.40 bits per heavy atom. The minimum Gasteiger partial charge on any atom is -0.818 e. The molecule has 0 N–H and O–H groups in total. The van der Waals surface area contributed by atoms with E-state index in [1.807, 2.05) is 20.8 Å². The molecule has 0 rings (SSSR count). The van der Waals surface area contributed by atoms with E-state index in [0.29, 0.717) is 0 Å². The Morgan fingerprint density at radius 2 is 1.93 bits per heavy atom. The second kappa shape index (κ2) is 7.23. The highest BCUT2D eigenvalue weighted by Gasteiger charge is 1.96. The molecule has 0 aliphatic rings. The Bertz CT molecular complexity index is 260. The monoisotopic (exact) mass is 211 g/mol. The molecule has 0 aromatic rings. The second-order valence-corrected chi connectivity index (χ2v) is 3.81. The van der Waals surface area contributed by atoms with Crippen LogP contribution in [0.1, 0.15) is 40.5 Å². The number of carbonyl (C=O) groups is 1. The van der Waals surface area contributed by atoms with Gasteiger partial charge in [-0.2, -0.15) is 0 Å². The lowest BCUT2D eigenvalue weighted by atomic mass is 10.1. The van der Waals surface area contributed by atoms with Crippen LogP contribution in [0.3, 0.4) is 0 Å². The van der Waals surface area contributed by atoms with Gasteiger partial charge in [-0.1, -0.05) is 23.3 Å². The molecule has 0 aromatic carbocycles. The molecule has 86 valence electrons. The summed E-state index contributed by atoms with van der Waals surface area (Å²) in [6.07, 6.45) is 3.93. The smallest absolute Gasteiger partial charge is 0.301 e. The van der Waals surface area contributed by atoms with Crippen molar-refractivity contribution in [3.05, 3.63) is 23.3 Å². The molecular formula is C12H19O3-. The first kappa shape index (κ1) is 13.9. The summed E-state index contributed by atoms with van der Waals surface area (Å²) in [6, 6.07) is 0. The van der Waals surface area contributed by atoms with Crippen LogP contribution in [0.25, 0.3) is 0 Å². The molecule has 15 heavy (non-hydrogen) atoms. The Morgan fingerprint density at radius 1 is 1.33 bits per heavy atom. The number of hydrogen-bond donors (Lipinski definition) is 0. The van der Waals surface area contributed by atoms with Crippen molar-refractivity contribution in [2.45, 2.75) is 46.8 Å². The van der Waals surface area contributed by atoms with Crippen molar-refractivity contribution in [1.29, 1.82) is 0 Å². The van der Waals surface area contributed by atoms with Crippen LogP contribution in [0.2, 0.25) is 0 Å². The fourth-order valence-corrected chi connectivity index (χ4v) is 1.10. The van der Waals surface area contributed by atoms with Crippen LogP contribution in [-0.2, 0) is 9.53 Å². The van der Waals surface area contributed by atoms with Crippen LogP contribution in [-0.4, -0.2) is 12.3 Å². The molecule has 0 aliphatic carbocycles. The highest BCUT2D eigenvalue weighted by Crippen LogP contribution is 2.07. The molecule has 1 atom stereocenters. The predicted molar refractivity (Wildman–Crippen MR) is 58.0 cm³/mol. The Balaban J connectivity index is 3.97. The van der Waals surface area contributed by atoms with Gasteiger partial charge in [0, 0.05) is 13.2 Å². The molecule has 0 saturated carbocycles. The molecule has 0 aromatic heterocycles. The van der Waals surface area contributed by atoms with Gasteiger partial charge in [0.25, 0.3) is 0 Å². The summed E-state index contributed by atoms with van der Waals surface area (Å²) in [5.41, 5.74) is 2.22. The first-order valence-corrected chi connectivity index (χ1v) is 5.05. The van der Waals surface area contributed by atoms with Gasteiger partial charge in [0.15, 0.2) is 0 Å². The Kier molecular flexibility index (Phi) is 6.71. The third kappa shape index (κ3) is 9.22. The maximum Gasteiger partial charge on any atom is 0.301 e. The first-order chi connectivity index (χ1) is 6.91. The van der Waals surface area contributed by atoms with E-state index in [9.17, 15) is 9.90 Å². The molecule has 0 saturated heterocycles. The zero-order chi connectivity index (χ0) is 11.8. The quantitative estimate of drug-likeness (QED) is 0.396. The molecule has 0 amide bonds. The van der Waals surface area contributed by atoms with Gasteiger partial charge in [-0.3, -0.25) is 4.79 Å². The average molecular weight is 211 g/mol. The minimum atomic E-state index is -1.37. The molecular weight excluding hydrogens is 192 g/mol. The number of rotatable bonds is 5. The molecule has 3 nitrogen and oxygen atoms in total. The molecule has 0 aliphatic heterocycles. The molecule has 0 fully saturated rings. The van der Waals surface area contributed by atoms with Crippen molar-refractivity contribution in [2.24, 2.45) is 0 Å². The summed E-state index contributed by atoms with van der Waals surface area (Å²) in [7, 11) is 0. The largest absolute Gasteiger partial charge is 0.818 e. The van der Waals surface area contributed by atoms with Crippen LogP contribution in [0.15, 0.2) is 23.3 Å². The van der Waals surface area contributed by atoms with E-state index in [2.05, 4.69) is 10.8 Å². The van der Waals surface area contributed by atoms with Gasteiger partial charge in [-0.05, 0) is 33.6 Å². The van der Waals surface area contributed by atoms with Crippen molar-refractivity contribution in [1.82, 2.24) is 0 Å². The molecule has 1 unspecified atom stereocenters. The Hall–Kier alpha value is -1.09. The van der Waals surface area contributed by atoms with E-state index in [0.717, 1.165) is 18.4 Å². The highest BCUT2D eigenvalue weighted by atomic mass is 16.6. The van der Waals surface area contributed by atoms with Gasteiger partial charge in [0.2, 0.25) is 0 Å². The maximum absolute atomic E-state index is 11.1. The fraction of sp³-hybridized carbons (Fsp3) is 0.583. The zero-order valence-electron chi connectivity index (χ0n) is 9.87. The number of allylic oxidation sites excluding steroid dienone is 3. The van der Waals surface area contributed by atoms with Crippen molar-refractivity contribution in [3.8, 4) is 0 Å². The van der Waals surface area contributed by atoms with Gasteiger partial charge in [0.05, 0.1) is 0 Å². The van der Waals surface area contributed by atoms with Gasteiger partial charge >= 0.3 is 5.97 Å². The topological polar surface area (TPSA) is 49.4 Å². The Labute approximate surface area is 91.4 Å². The third-order valence-electron chi connectivity index (χ3n) is 1.79. The molecule has 0 spiro atoms. The lowest BCUT2D eigenvalue weighted by Crippen LogP contribution is -2.28. The van der Waals surface area contributed by atoms with E-state index < -0.39 is 12.3 Å². The van der Waals surface area contributed by atoms with Crippen LogP contribution in [0, 0.1) is 0 Å². The fourth-order valence-electron chi connectivity index (χ4n) is 1.10. The first-order valence-electron chi connectivity index (χ1n) is 5.05. The van der Waals surface area contributed by atoms with Crippen molar-refractivity contribution >= 4 is 5.97 Å². The SMILES string of the molecule is CC(=O)OC([O-])/C=C(/C)CCC=C(C)C. The van der Waals surface area contributed by atoms with Crippen molar-refractivity contribution < 1.29 is 14.6 Å². The van der Waals surface area contributed by atoms with Crippen LogP contribution < -0.4 is 5.11 Å². The molecule has 0 bridgehead atoms. The number of carbonyl (C=O) groups excluding carboxylic acids is 1. The average Bonchev–Trinajstić information content (AvgIpc) is 2.00. The normalized spacial score (nSPS) is 13.3. The maximum atomic E-state index is 11.1. The zero-order valence-corrected chi connectivity index (χ0v) is 9.87. The van der Waals surface area contributed by atoms with Gasteiger partial charge in [0.1, 0.15) is 0 Å². The lowest BCUT2D eigenvalue weighted by Gasteiger charge is -2.18. The van der Waals surface area contributed by atoms with Gasteiger partial charge in [-0.25, -0.2) is 0 Å². The summed E-state index contributed by atoms with van der Waals surface area (Å²) in [5.74, 6) is -0.539. The van der Waals surface area contributed by atoms with E-state index in [-0.39, 0.29) is 0 Å². The van der Waals surface area contributed by atoms with E-state index in [1.165, 1.54) is 18.6 Å². The molecule has 3 heteroatoms. The summed E-state index contributed by atoms with van der Waals surface area (Å²) < 4.78 is 4.46. The van der Waals surface area contributed by atoms with E-state index in [4.69, 9.17) is 0 Å². The van der Waals surface area contributed by atoms with Crippen LogP contribution in [0.5, 0.6) is 0 Å².